The Morgan fingerprint density at radius 2 is 1.88 bits per heavy atom. The van der Waals surface area contributed by atoms with Crippen LogP contribution in [-0.2, 0) is 4.79 Å². The quantitative estimate of drug-likeness (QED) is 0.403. The first kappa shape index (κ1) is 12.6. The third-order valence-electron chi connectivity index (χ3n) is 5.32. The summed E-state index contributed by atoms with van der Waals surface area (Å²) < 4.78 is 0. The van der Waals surface area contributed by atoms with Crippen LogP contribution in [0.15, 0.2) is 23.8 Å². The van der Waals surface area contributed by atoms with Crippen molar-refractivity contribution in [1.29, 1.82) is 0 Å². The molecule has 2 aliphatic rings. The predicted octanol–water partition coefficient (Wildman–Crippen LogP) is 4.29. The summed E-state index contributed by atoms with van der Waals surface area (Å²) in [6.45, 7) is 9.23. The monoisotopic (exact) mass is 232 g/mol. The Morgan fingerprint density at radius 1 is 1.18 bits per heavy atom. The predicted molar refractivity (Wildman–Crippen MR) is 71.8 cm³/mol. The molecule has 17 heavy (non-hydrogen) atoms. The van der Waals surface area contributed by atoms with Gasteiger partial charge in [0.1, 0.15) is 6.29 Å². The molecule has 2 fully saturated rings. The molecule has 0 spiro atoms. The fraction of sp³-hybridized carbons (Fsp3) is 0.688. The third kappa shape index (κ3) is 1.80. The van der Waals surface area contributed by atoms with Crippen molar-refractivity contribution in [2.75, 3.05) is 0 Å². The lowest BCUT2D eigenvalue weighted by Crippen LogP contribution is -2.32. The highest BCUT2D eigenvalue weighted by Gasteiger charge is 2.69. The summed E-state index contributed by atoms with van der Waals surface area (Å²) in [5.74, 6) is 0. The molecule has 2 aliphatic carbocycles. The van der Waals surface area contributed by atoms with E-state index in [4.69, 9.17) is 0 Å². The average Bonchev–Trinajstić information content (AvgIpc) is 2.84. The van der Waals surface area contributed by atoms with Crippen molar-refractivity contribution >= 4 is 6.29 Å². The summed E-state index contributed by atoms with van der Waals surface area (Å²) in [6, 6.07) is 0. The average molecular weight is 232 g/mol. The first-order chi connectivity index (χ1) is 7.87. The maximum atomic E-state index is 10.4. The largest absolute Gasteiger partial charge is 0.299 e. The molecular weight excluding hydrogens is 208 g/mol. The van der Waals surface area contributed by atoms with Crippen molar-refractivity contribution in [1.82, 2.24) is 0 Å². The molecule has 0 bridgehead atoms. The number of fused-ring (bicyclic) bond motifs is 1. The van der Waals surface area contributed by atoms with Gasteiger partial charge in [-0.3, -0.25) is 4.79 Å². The van der Waals surface area contributed by atoms with Crippen molar-refractivity contribution in [3.8, 4) is 0 Å². The van der Waals surface area contributed by atoms with E-state index < -0.39 is 0 Å². The Bertz CT molecular complexity index is 388. The Hall–Kier alpha value is -0.850. The van der Waals surface area contributed by atoms with Crippen LogP contribution in [0.1, 0.15) is 53.4 Å². The highest BCUT2D eigenvalue weighted by molar-refractivity contribution is 5.67. The standard InChI is InChI=1S/C16H24O/c1-13(7-11-17)6-10-16-12-15(16,4)9-5-8-14(16,2)3/h6-7,10-11H,5,8-9,12H2,1-4H3/b10-6?,13-7+. The van der Waals surface area contributed by atoms with E-state index in [-0.39, 0.29) is 0 Å². The van der Waals surface area contributed by atoms with Gasteiger partial charge in [0, 0.05) is 0 Å². The molecule has 1 nitrogen and oxygen atoms in total. The fourth-order valence-corrected chi connectivity index (χ4v) is 4.00. The van der Waals surface area contributed by atoms with Gasteiger partial charge in [0.2, 0.25) is 0 Å². The van der Waals surface area contributed by atoms with Gasteiger partial charge in [-0.1, -0.05) is 39.3 Å². The van der Waals surface area contributed by atoms with Crippen LogP contribution < -0.4 is 0 Å². The lowest BCUT2D eigenvalue weighted by molar-refractivity contribution is -0.104. The Morgan fingerprint density at radius 3 is 2.47 bits per heavy atom. The number of aldehydes is 1. The topological polar surface area (TPSA) is 17.1 Å². The summed E-state index contributed by atoms with van der Waals surface area (Å²) in [5.41, 5.74) is 2.34. The molecule has 94 valence electrons. The van der Waals surface area contributed by atoms with Crippen molar-refractivity contribution < 1.29 is 4.79 Å². The lowest BCUT2D eigenvalue weighted by Gasteiger charge is -2.41. The second-order valence-electron chi connectivity index (χ2n) is 6.83. The smallest absolute Gasteiger partial charge is 0.143 e. The van der Waals surface area contributed by atoms with Crippen LogP contribution >= 0.6 is 0 Å². The van der Waals surface area contributed by atoms with E-state index in [2.05, 4.69) is 32.9 Å². The van der Waals surface area contributed by atoms with E-state index >= 15 is 0 Å². The molecule has 0 aromatic heterocycles. The number of carbonyl (C=O) groups excluding carboxylic acids is 1. The molecule has 0 radical (unpaired) electrons. The van der Waals surface area contributed by atoms with Crippen molar-refractivity contribution in [3.05, 3.63) is 23.8 Å². The second-order valence-corrected chi connectivity index (χ2v) is 6.83. The molecule has 2 saturated carbocycles. The van der Waals surface area contributed by atoms with Crippen LogP contribution in [0.3, 0.4) is 0 Å². The SMILES string of the molecule is C/C(C=CC12CC1(C)CCCC2(C)C)=C\C=O. The summed E-state index contributed by atoms with van der Waals surface area (Å²) >= 11 is 0. The zero-order chi connectivity index (χ0) is 12.7. The summed E-state index contributed by atoms with van der Waals surface area (Å²) in [5, 5.41) is 0. The molecule has 0 amide bonds. The van der Waals surface area contributed by atoms with Gasteiger partial charge in [0.05, 0.1) is 0 Å². The van der Waals surface area contributed by atoms with E-state index in [1.807, 2.05) is 6.92 Å². The highest BCUT2D eigenvalue weighted by Crippen LogP contribution is 2.78. The normalized spacial score (nSPS) is 40.1. The molecule has 2 atom stereocenters. The molecule has 0 aromatic rings. The molecule has 2 rings (SSSR count). The zero-order valence-electron chi connectivity index (χ0n) is 11.5. The Kier molecular flexibility index (Phi) is 2.84. The van der Waals surface area contributed by atoms with E-state index in [0.29, 0.717) is 16.2 Å². The molecule has 0 aliphatic heterocycles. The van der Waals surface area contributed by atoms with Crippen molar-refractivity contribution in [2.45, 2.75) is 53.4 Å². The summed E-state index contributed by atoms with van der Waals surface area (Å²) in [4.78, 5) is 10.4. The van der Waals surface area contributed by atoms with Crippen molar-refractivity contribution in [3.63, 3.8) is 0 Å². The van der Waals surface area contributed by atoms with Crippen LogP contribution in [0, 0.1) is 16.2 Å². The first-order valence-electron chi connectivity index (χ1n) is 6.68. The molecule has 2 unspecified atom stereocenters. The number of hydrogen-bond acceptors (Lipinski definition) is 1. The molecule has 0 N–H and O–H groups in total. The van der Waals surface area contributed by atoms with E-state index in [9.17, 15) is 4.79 Å². The van der Waals surface area contributed by atoms with Gasteiger partial charge < -0.3 is 0 Å². The number of allylic oxidation sites excluding steroid dienone is 4. The Balaban J connectivity index is 2.25. The van der Waals surface area contributed by atoms with E-state index in [1.165, 1.54) is 25.7 Å². The molecular formula is C16H24O. The molecule has 0 heterocycles. The Labute approximate surface area is 105 Å². The highest BCUT2D eigenvalue weighted by atomic mass is 16.1. The number of hydrogen-bond donors (Lipinski definition) is 0. The lowest BCUT2D eigenvalue weighted by atomic mass is 9.63. The first-order valence-corrected chi connectivity index (χ1v) is 6.68. The third-order valence-corrected chi connectivity index (χ3v) is 5.32. The van der Waals surface area contributed by atoms with Crippen LogP contribution in [0.25, 0.3) is 0 Å². The van der Waals surface area contributed by atoms with Crippen LogP contribution in [0.5, 0.6) is 0 Å². The van der Waals surface area contributed by atoms with Gasteiger partial charge in [-0.05, 0) is 54.1 Å². The molecule has 0 saturated heterocycles. The van der Waals surface area contributed by atoms with Gasteiger partial charge in [0.15, 0.2) is 0 Å². The van der Waals surface area contributed by atoms with Crippen LogP contribution in [0.2, 0.25) is 0 Å². The minimum absolute atomic E-state index is 0.371. The minimum Gasteiger partial charge on any atom is -0.299 e. The maximum absolute atomic E-state index is 10.4. The van der Waals surface area contributed by atoms with Crippen LogP contribution in [-0.4, -0.2) is 6.29 Å². The van der Waals surface area contributed by atoms with Crippen molar-refractivity contribution in [2.24, 2.45) is 16.2 Å². The minimum atomic E-state index is 0.371. The zero-order valence-corrected chi connectivity index (χ0v) is 11.5. The number of rotatable bonds is 3. The van der Waals surface area contributed by atoms with Gasteiger partial charge in [-0.25, -0.2) is 0 Å². The van der Waals surface area contributed by atoms with Gasteiger partial charge in [-0.2, -0.15) is 0 Å². The second kappa shape index (κ2) is 3.83. The summed E-state index contributed by atoms with van der Waals surface area (Å²) in [7, 11) is 0. The van der Waals surface area contributed by atoms with Crippen LogP contribution in [0.4, 0.5) is 0 Å². The fourth-order valence-electron chi connectivity index (χ4n) is 4.00. The van der Waals surface area contributed by atoms with Gasteiger partial charge in [-0.15, -0.1) is 0 Å². The van der Waals surface area contributed by atoms with Gasteiger partial charge in [0.25, 0.3) is 0 Å². The number of carbonyl (C=O) groups is 1. The molecule has 1 heteroatoms. The van der Waals surface area contributed by atoms with E-state index in [0.717, 1.165) is 11.9 Å². The van der Waals surface area contributed by atoms with E-state index in [1.54, 1.807) is 6.08 Å². The molecule has 0 aromatic carbocycles. The van der Waals surface area contributed by atoms with Gasteiger partial charge >= 0.3 is 0 Å². The summed E-state index contributed by atoms with van der Waals surface area (Å²) in [6.07, 6.45) is 12.4. The maximum Gasteiger partial charge on any atom is 0.143 e.